The van der Waals surface area contributed by atoms with E-state index in [-0.39, 0.29) is 23.0 Å². The Balaban J connectivity index is 1.12. The Hall–Kier alpha value is -2.98. The average molecular weight is 636 g/mol. The standard InChI is InChI=1S/C34H39ClFN5O2S/c1-37-26-19-38(20-26)32-12-10-29(44(43)40-15-13-24(14-16-40)23-5-3-2-4-6-23)18-33(32)41-27-8-9-28(41)22-39(21-27)34(42)30-11-7-25(36)17-31(30)35/h2-7,10-12,17-18,24,26-28,37H,8-9,13-16,19-22H2,1H3. The third-order valence-electron chi connectivity index (χ3n) is 9.95. The molecule has 4 aliphatic rings. The number of nitrogens with one attached hydrogen (secondary N) is 1. The molecule has 4 aliphatic heterocycles. The number of anilines is 2. The lowest BCUT2D eigenvalue weighted by Gasteiger charge is -2.47. The molecule has 3 aromatic rings. The summed E-state index contributed by atoms with van der Waals surface area (Å²) in [6, 6.07) is 21.7. The molecule has 3 atom stereocenters. The van der Waals surface area contributed by atoms with Crippen molar-refractivity contribution in [3.8, 4) is 0 Å². The average Bonchev–Trinajstić information content (AvgIpc) is 3.28. The summed E-state index contributed by atoms with van der Waals surface area (Å²) in [6.07, 6.45) is 3.95. The van der Waals surface area contributed by atoms with E-state index in [2.05, 4.69) is 61.9 Å². The highest BCUT2D eigenvalue weighted by molar-refractivity contribution is 7.82. The number of likely N-dealkylation sites (tertiary alicyclic amines) is 1. The molecule has 2 bridgehead atoms. The van der Waals surface area contributed by atoms with Crippen LogP contribution >= 0.6 is 11.6 Å². The van der Waals surface area contributed by atoms with Crippen LogP contribution in [0.4, 0.5) is 15.8 Å². The molecule has 3 aromatic carbocycles. The number of hydrogen-bond acceptors (Lipinski definition) is 5. The van der Waals surface area contributed by atoms with Gasteiger partial charge >= 0.3 is 0 Å². The molecule has 1 amide bonds. The summed E-state index contributed by atoms with van der Waals surface area (Å²) in [4.78, 5) is 21.1. The van der Waals surface area contributed by atoms with Gasteiger partial charge in [-0.3, -0.25) is 4.79 Å². The Morgan fingerprint density at radius 2 is 1.59 bits per heavy atom. The number of nitrogens with zero attached hydrogens (tertiary/aromatic N) is 4. The number of carbonyl (C=O) groups is 1. The zero-order valence-electron chi connectivity index (χ0n) is 25.0. The monoisotopic (exact) mass is 635 g/mol. The van der Waals surface area contributed by atoms with Crippen LogP contribution in [0.2, 0.25) is 5.02 Å². The molecule has 4 fully saturated rings. The van der Waals surface area contributed by atoms with Crippen molar-refractivity contribution in [2.45, 2.75) is 54.6 Å². The van der Waals surface area contributed by atoms with E-state index < -0.39 is 16.8 Å². The molecule has 1 N–H and O–H groups in total. The minimum atomic E-state index is -1.25. The number of halogens is 2. The van der Waals surface area contributed by atoms with Gasteiger partial charge in [0.1, 0.15) is 16.8 Å². The second-order valence-corrected chi connectivity index (χ2v) is 14.4. The first-order valence-corrected chi connectivity index (χ1v) is 17.2. The van der Waals surface area contributed by atoms with E-state index in [0.717, 1.165) is 62.4 Å². The smallest absolute Gasteiger partial charge is 0.255 e. The van der Waals surface area contributed by atoms with Gasteiger partial charge in [-0.25, -0.2) is 12.9 Å². The third kappa shape index (κ3) is 5.64. The van der Waals surface area contributed by atoms with E-state index in [1.54, 1.807) is 0 Å². The van der Waals surface area contributed by atoms with Gasteiger partial charge in [0.15, 0.2) is 0 Å². The highest BCUT2D eigenvalue weighted by atomic mass is 35.5. The van der Waals surface area contributed by atoms with Crippen molar-refractivity contribution >= 4 is 39.9 Å². The Kier molecular flexibility index (Phi) is 8.39. The molecular weight excluding hydrogens is 597 g/mol. The predicted molar refractivity (Wildman–Crippen MR) is 175 cm³/mol. The van der Waals surface area contributed by atoms with Crippen molar-refractivity contribution in [3.05, 3.63) is 88.7 Å². The van der Waals surface area contributed by atoms with Crippen molar-refractivity contribution in [1.29, 1.82) is 0 Å². The number of rotatable bonds is 7. The Morgan fingerprint density at radius 1 is 0.886 bits per heavy atom. The number of benzene rings is 3. The van der Waals surface area contributed by atoms with Crippen molar-refractivity contribution in [2.24, 2.45) is 0 Å². The topological polar surface area (TPSA) is 59.1 Å². The molecule has 44 heavy (non-hydrogen) atoms. The summed E-state index contributed by atoms with van der Waals surface area (Å²) < 4.78 is 29.8. The zero-order valence-corrected chi connectivity index (χ0v) is 26.6. The maximum Gasteiger partial charge on any atom is 0.255 e. The first kappa shape index (κ1) is 29.7. The van der Waals surface area contributed by atoms with Crippen LogP contribution in [-0.2, 0) is 11.0 Å². The minimum Gasteiger partial charge on any atom is -0.367 e. The normalized spacial score (nSPS) is 23.6. The van der Waals surface area contributed by atoms with Crippen LogP contribution in [0.15, 0.2) is 71.6 Å². The summed E-state index contributed by atoms with van der Waals surface area (Å²) in [5, 5.41) is 3.52. The largest absolute Gasteiger partial charge is 0.367 e. The number of piperidine rings is 1. The van der Waals surface area contributed by atoms with Gasteiger partial charge in [-0.1, -0.05) is 41.9 Å². The lowest BCUT2D eigenvalue weighted by atomic mass is 9.90. The zero-order chi connectivity index (χ0) is 30.4. The number of piperazine rings is 1. The van der Waals surface area contributed by atoms with Crippen molar-refractivity contribution in [1.82, 2.24) is 14.5 Å². The molecule has 4 saturated heterocycles. The maximum absolute atomic E-state index is 14.0. The van der Waals surface area contributed by atoms with E-state index in [4.69, 9.17) is 11.6 Å². The fourth-order valence-electron chi connectivity index (χ4n) is 7.47. The summed E-state index contributed by atoms with van der Waals surface area (Å²) in [7, 11) is 0.750. The highest BCUT2D eigenvalue weighted by Gasteiger charge is 2.44. The Morgan fingerprint density at radius 3 is 2.25 bits per heavy atom. The van der Waals surface area contributed by atoms with Crippen molar-refractivity contribution in [3.63, 3.8) is 0 Å². The Labute approximate surface area is 266 Å². The number of amides is 1. The summed E-state index contributed by atoms with van der Waals surface area (Å²) in [5.41, 5.74) is 3.99. The summed E-state index contributed by atoms with van der Waals surface area (Å²) >= 11 is 6.27. The lowest BCUT2D eigenvalue weighted by molar-refractivity contribution is 0.0718. The molecule has 4 heterocycles. The van der Waals surface area contributed by atoms with Gasteiger partial charge in [-0.15, -0.1) is 0 Å². The maximum atomic E-state index is 14.0. The molecule has 0 radical (unpaired) electrons. The highest BCUT2D eigenvalue weighted by Crippen LogP contribution is 2.43. The van der Waals surface area contributed by atoms with Crippen LogP contribution < -0.4 is 15.1 Å². The van der Waals surface area contributed by atoms with Gasteiger partial charge in [0.05, 0.1) is 26.9 Å². The van der Waals surface area contributed by atoms with Gasteiger partial charge in [0.2, 0.25) is 0 Å². The lowest BCUT2D eigenvalue weighted by Crippen LogP contribution is -2.59. The third-order valence-corrected chi connectivity index (χ3v) is 11.8. The van der Waals surface area contributed by atoms with E-state index in [0.29, 0.717) is 30.6 Å². The first-order chi connectivity index (χ1) is 21.4. The number of carbonyl (C=O) groups excluding carboxylic acids is 1. The van der Waals surface area contributed by atoms with Gasteiger partial charge < -0.3 is 20.0 Å². The quantitative estimate of drug-likeness (QED) is 0.383. The molecule has 7 nitrogen and oxygen atoms in total. The van der Waals surface area contributed by atoms with Crippen LogP contribution in [0.25, 0.3) is 0 Å². The number of likely N-dealkylation sites (N-methyl/N-ethyl adjacent to an activating group) is 1. The van der Waals surface area contributed by atoms with E-state index in [1.165, 1.54) is 29.4 Å². The van der Waals surface area contributed by atoms with Crippen LogP contribution in [0.3, 0.4) is 0 Å². The molecule has 7 rings (SSSR count). The molecule has 0 spiro atoms. The van der Waals surface area contributed by atoms with Crippen LogP contribution in [0.1, 0.15) is 47.5 Å². The second kappa shape index (κ2) is 12.4. The summed E-state index contributed by atoms with van der Waals surface area (Å²) in [5.74, 6) is -0.0956. The fraction of sp³-hybridized carbons (Fsp3) is 0.441. The van der Waals surface area contributed by atoms with Crippen molar-refractivity contribution in [2.75, 3.05) is 56.1 Å². The number of fused-ring (bicyclic) bond motifs is 2. The van der Waals surface area contributed by atoms with Crippen molar-refractivity contribution < 1.29 is 13.4 Å². The van der Waals surface area contributed by atoms with Gasteiger partial charge in [-0.2, -0.15) is 0 Å². The van der Waals surface area contributed by atoms with E-state index in [1.807, 2.05) is 18.0 Å². The van der Waals surface area contributed by atoms with Gasteiger partial charge in [0.25, 0.3) is 5.91 Å². The van der Waals surface area contributed by atoms with E-state index in [9.17, 15) is 13.4 Å². The molecule has 0 saturated carbocycles. The molecular formula is C34H39ClFN5O2S. The molecule has 3 unspecified atom stereocenters. The van der Waals surface area contributed by atoms with Crippen LogP contribution in [0, 0.1) is 5.82 Å². The van der Waals surface area contributed by atoms with Crippen LogP contribution in [0.5, 0.6) is 0 Å². The molecule has 232 valence electrons. The van der Waals surface area contributed by atoms with Crippen LogP contribution in [-0.4, -0.2) is 83.8 Å². The fourth-order valence-corrected chi connectivity index (χ4v) is 8.95. The summed E-state index contributed by atoms with van der Waals surface area (Å²) in [6.45, 7) is 4.60. The molecule has 0 aromatic heterocycles. The Bertz CT molecular complexity index is 1530. The second-order valence-electron chi connectivity index (χ2n) is 12.5. The SMILES string of the molecule is CNC1CN(c2ccc(S(=O)N3CCC(c4ccccc4)CC3)cc2N2C3CCC2CN(C(=O)c2ccc(F)cc2Cl)C3)C1. The molecule has 10 heteroatoms. The first-order valence-electron chi connectivity index (χ1n) is 15.7. The molecule has 0 aliphatic carbocycles. The minimum absolute atomic E-state index is 0.141. The predicted octanol–water partition coefficient (Wildman–Crippen LogP) is 5.28. The van der Waals surface area contributed by atoms with Gasteiger partial charge in [-0.05, 0) is 80.6 Å². The van der Waals surface area contributed by atoms with Gasteiger partial charge in [0, 0.05) is 57.4 Å². The number of hydrogen-bond donors (Lipinski definition) is 1. The van der Waals surface area contributed by atoms with E-state index >= 15 is 0 Å².